The SMILES string of the molecule is C=C(C(N)=O)C(C#N)=NC1=C(C)c2ccccc2C1=N. The summed E-state index contributed by atoms with van der Waals surface area (Å²) < 4.78 is 0. The molecule has 1 amide bonds. The maximum atomic E-state index is 11.1. The quantitative estimate of drug-likeness (QED) is 0.642. The Hall–Kier alpha value is -3.00. The van der Waals surface area contributed by atoms with E-state index < -0.39 is 5.91 Å². The summed E-state index contributed by atoms with van der Waals surface area (Å²) in [5, 5.41) is 17.2. The van der Waals surface area contributed by atoms with Crippen LogP contribution in [0.25, 0.3) is 5.57 Å². The van der Waals surface area contributed by atoms with E-state index in [0.717, 1.165) is 16.7 Å². The van der Waals surface area contributed by atoms with E-state index >= 15 is 0 Å². The Morgan fingerprint density at radius 3 is 2.50 bits per heavy atom. The number of hydrogen-bond donors (Lipinski definition) is 2. The number of allylic oxidation sites excluding steroid dienone is 2. The van der Waals surface area contributed by atoms with Crippen molar-refractivity contribution >= 4 is 22.9 Å². The number of benzene rings is 1. The van der Waals surface area contributed by atoms with Crippen LogP contribution in [0.3, 0.4) is 0 Å². The highest BCUT2D eigenvalue weighted by Crippen LogP contribution is 2.33. The Bertz CT molecular complexity index is 747. The number of primary amides is 1. The first-order valence-corrected chi connectivity index (χ1v) is 5.84. The maximum Gasteiger partial charge on any atom is 0.251 e. The van der Waals surface area contributed by atoms with E-state index in [9.17, 15) is 4.79 Å². The molecular weight excluding hydrogens is 252 g/mol. The molecule has 3 N–H and O–H groups in total. The second kappa shape index (κ2) is 4.94. The molecule has 1 aliphatic carbocycles. The minimum atomic E-state index is -0.800. The smallest absolute Gasteiger partial charge is 0.251 e. The van der Waals surface area contributed by atoms with Crippen LogP contribution in [0.5, 0.6) is 0 Å². The van der Waals surface area contributed by atoms with Gasteiger partial charge in [-0.1, -0.05) is 30.8 Å². The minimum Gasteiger partial charge on any atom is -0.366 e. The number of hydrogen-bond acceptors (Lipinski definition) is 4. The third-order valence-corrected chi connectivity index (χ3v) is 3.11. The fourth-order valence-corrected chi connectivity index (χ4v) is 2.00. The highest BCUT2D eigenvalue weighted by molar-refractivity contribution is 6.29. The number of nitriles is 1. The number of fused-ring (bicyclic) bond motifs is 1. The zero-order chi connectivity index (χ0) is 14.9. The second-order valence-corrected chi connectivity index (χ2v) is 4.31. The second-order valence-electron chi connectivity index (χ2n) is 4.31. The predicted molar refractivity (Wildman–Crippen MR) is 77.2 cm³/mol. The molecule has 1 aliphatic rings. The summed E-state index contributed by atoms with van der Waals surface area (Å²) in [6.45, 7) is 5.27. The number of nitrogens with one attached hydrogen (secondary N) is 1. The summed E-state index contributed by atoms with van der Waals surface area (Å²) in [5.74, 6) is -0.800. The van der Waals surface area contributed by atoms with Crippen molar-refractivity contribution in [2.45, 2.75) is 6.92 Å². The Balaban J connectivity index is 2.54. The molecule has 98 valence electrons. The van der Waals surface area contributed by atoms with Crippen molar-refractivity contribution in [3.63, 3.8) is 0 Å². The molecule has 1 aromatic carbocycles. The van der Waals surface area contributed by atoms with E-state index in [1.165, 1.54) is 0 Å². The van der Waals surface area contributed by atoms with Crippen LogP contribution in [0.4, 0.5) is 0 Å². The van der Waals surface area contributed by atoms with Gasteiger partial charge in [-0.25, -0.2) is 4.99 Å². The largest absolute Gasteiger partial charge is 0.366 e. The molecule has 5 heteroatoms. The summed E-state index contributed by atoms with van der Waals surface area (Å²) in [5.41, 5.74) is 7.82. The van der Waals surface area contributed by atoms with Crippen LogP contribution in [0.15, 0.2) is 47.1 Å². The van der Waals surface area contributed by atoms with Crippen molar-refractivity contribution in [3.8, 4) is 6.07 Å². The molecule has 0 radical (unpaired) electrons. The lowest BCUT2D eigenvalue weighted by atomic mass is 10.1. The van der Waals surface area contributed by atoms with E-state index in [-0.39, 0.29) is 17.0 Å². The topological polar surface area (TPSA) is 103 Å². The Kier molecular flexibility index (Phi) is 3.32. The molecule has 0 fully saturated rings. The highest BCUT2D eigenvalue weighted by atomic mass is 16.1. The summed E-state index contributed by atoms with van der Waals surface area (Å²) in [6.07, 6.45) is 0. The van der Waals surface area contributed by atoms with Crippen LogP contribution in [-0.4, -0.2) is 17.3 Å². The van der Waals surface area contributed by atoms with Crippen LogP contribution in [0, 0.1) is 16.7 Å². The van der Waals surface area contributed by atoms with Gasteiger partial charge < -0.3 is 5.73 Å². The van der Waals surface area contributed by atoms with Crippen molar-refractivity contribution < 1.29 is 4.79 Å². The molecule has 5 nitrogen and oxygen atoms in total. The summed E-state index contributed by atoms with van der Waals surface area (Å²) in [7, 11) is 0. The van der Waals surface area contributed by atoms with E-state index in [1.54, 1.807) is 6.07 Å². The van der Waals surface area contributed by atoms with Crippen LogP contribution >= 0.6 is 0 Å². The first kappa shape index (κ1) is 13.4. The Labute approximate surface area is 116 Å². The summed E-state index contributed by atoms with van der Waals surface area (Å²) >= 11 is 0. The fourth-order valence-electron chi connectivity index (χ4n) is 2.00. The van der Waals surface area contributed by atoms with Crippen LogP contribution in [0.2, 0.25) is 0 Å². The highest BCUT2D eigenvalue weighted by Gasteiger charge is 2.24. The first-order valence-electron chi connectivity index (χ1n) is 5.84. The summed E-state index contributed by atoms with van der Waals surface area (Å²) in [6, 6.07) is 9.21. The third-order valence-electron chi connectivity index (χ3n) is 3.11. The van der Waals surface area contributed by atoms with Gasteiger partial charge in [-0.3, -0.25) is 10.2 Å². The standard InChI is InChI=1S/C15H12N4O/c1-8-10-5-3-4-6-11(10)13(17)14(8)19-12(7-16)9(2)15(18)20/h3-6,17H,2H2,1H3,(H2,18,20). The zero-order valence-corrected chi connectivity index (χ0v) is 10.9. The van der Waals surface area contributed by atoms with Gasteiger partial charge in [-0.05, 0) is 18.1 Å². The molecule has 0 atom stereocenters. The Morgan fingerprint density at radius 1 is 1.40 bits per heavy atom. The molecular formula is C15H12N4O. The zero-order valence-electron chi connectivity index (χ0n) is 10.9. The van der Waals surface area contributed by atoms with Gasteiger partial charge in [-0.2, -0.15) is 5.26 Å². The lowest BCUT2D eigenvalue weighted by molar-refractivity contribution is -0.114. The normalized spacial score (nSPS) is 14.0. The van der Waals surface area contributed by atoms with E-state index in [1.807, 2.05) is 31.2 Å². The van der Waals surface area contributed by atoms with Gasteiger partial charge in [0.25, 0.3) is 5.91 Å². The molecule has 0 saturated carbocycles. The fraction of sp³-hybridized carbons (Fsp3) is 0.0667. The number of carbonyl (C=O) groups is 1. The van der Waals surface area contributed by atoms with Gasteiger partial charge in [0.15, 0.2) is 5.71 Å². The molecule has 20 heavy (non-hydrogen) atoms. The number of rotatable bonds is 3. The van der Waals surface area contributed by atoms with E-state index in [2.05, 4.69) is 11.6 Å². The number of nitrogens with two attached hydrogens (primary N) is 1. The van der Waals surface area contributed by atoms with E-state index in [0.29, 0.717) is 5.70 Å². The lowest BCUT2D eigenvalue weighted by Gasteiger charge is -2.01. The maximum absolute atomic E-state index is 11.1. The predicted octanol–water partition coefficient (Wildman–Crippen LogP) is 1.81. The van der Waals surface area contributed by atoms with Crippen molar-refractivity contribution in [2.75, 3.05) is 0 Å². The molecule has 0 unspecified atom stereocenters. The molecule has 0 spiro atoms. The molecule has 1 aromatic rings. The van der Waals surface area contributed by atoms with Crippen LogP contribution in [0.1, 0.15) is 18.1 Å². The van der Waals surface area contributed by atoms with Crippen LogP contribution in [-0.2, 0) is 4.79 Å². The average molecular weight is 264 g/mol. The van der Waals surface area contributed by atoms with Crippen molar-refractivity contribution in [2.24, 2.45) is 10.7 Å². The molecule has 2 rings (SSSR count). The van der Waals surface area contributed by atoms with Crippen molar-refractivity contribution in [1.29, 1.82) is 10.7 Å². The number of amides is 1. The number of carbonyl (C=O) groups excluding carboxylic acids is 1. The van der Waals surface area contributed by atoms with Crippen molar-refractivity contribution in [3.05, 3.63) is 53.2 Å². The average Bonchev–Trinajstić information content (AvgIpc) is 2.68. The Morgan fingerprint density at radius 2 is 2.00 bits per heavy atom. The van der Waals surface area contributed by atoms with Gasteiger partial charge in [0.2, 0.25) is 0 Å². The molecule has 0 bridgehead atoms. The number of nitrogens with zero attached hydrogens (tertiary/aromatic N) is 2. The monoisotopic (exact) mass is 264 g/mol. The third kappa shape index (κ3) is 2.04. The molecule has 0 aromatic heterocycles. The lowest BCUT2D eigenvalue weighted by Crippen LogP contribution is -2.19. The van der Waals surface area contributed by atoms with Gasteiger partial charge in [0.1, 0.15) is 6.07 Å². The summed E-state index contributed by atoms with van der Waals surface area (Å²) in [4.78, 5) is 15.2. The van der Waals surface area contributed by atoms with Gasteiger partial charge in [0.05, 0.1) is 17.0 Å². The molecule has 0 saturated heterocycles. The first-order chi connectivity index (χ1) is 9.47. The van der Waals surface area contributed by atoms with Crippen molar-refractivity contribution in [1.82, 2.24) is 0 Å². The molecule has 0 aliphatic heterocycles. The van der Waals surface area contributed by atoms with E-state index in [4.69, 9.17) is 16.4 Å². The van der Waals surface area contributed by atoms with Gasteiger partial charge in [0, 0.05) is 5.56 Å². The van der Waals surface area contributed by atoms with Crippen LogP contribution < -0.4 is 5.73 Å². The minimum absolute atomic E-state index is 0.156. The number of aliphatic imine (C=N–C) groups is 1. The van der Waals surface area contributed by atoms with Gasteiger partial charge in [-0.15, -0.1) is 0 Å². The molecule has 0 heterocycles. The van der Waals surface area contributed by atoms with Gasteiger partial charge >= 0.3 is 0 Å².